The summed E-state index contributed by atoms with van der Waals surface area (Å²) >= 11 is 0. The number of carbonyl (C=O) groups excluding carboxylic acids is 1. The Morgan fingerprint density at radius 3 is 2.60 bits per heavy atom. The van der Waals surface area contributed by atoms with E-state index >= 15 is 0 Å². The van der Waals surface area contributed by atoms with Crippen LogP contribution >= 0.6 is 0 Å². The molecule has 1 amide bonds. The van der Waals surface area contributed by atoms with Crippen molar-refractivity contribution in [3.05, 3.63) is 58.7 Å². The van der Waals surface area contributed by atoms with Gasteiger partial charge in [-0.2, -0.15) is 0 Å². The van der Waals surface area contributed by atoms with Crippen molar-refractivity contribution in [3.63, 3.8) is 0 Å². The SMILES string of the molecule is CO/N=C(\C(=O)NCCc1ccc(OC(C)C)c(OC)c1)c1ccc2c(c1)CCC2. The van der Waals surface area contributed by atoms with Crippen molar-refractivity contribution in [2.75, 3.05) is 20.8 Å². The van der Waals surface area contributed by atoms with E-state index in [0.717, 1.165) is 30.4 Å². The lowest BCUT2D eigenvalue weighted by molar-refractivity contribution is -0.114. The summed E-state index contributed by atoms with van der Waals surface area (Å²) in [7, 11) is 3.08. The molecule has 2 aromatic rings. The third-order valence-electron chi connectivity index (χ3n) is 5.06. The molecule has 0 saturated heterocycles. The van der Waals surface area contributed by atoms with Crippen molar-refractivity contribution in [2.45, 2.75) is 45.6 Å². The van der Waals surface area contributed by atoms with Crippen molar-refractivity contribution in [2.24, 2.45) is 5.16 Å². The number of hydrogen-bond donors (Lipinski definition) is 1. The average molecular weight is 411 g/mol. The van der Waals surface area contributed by atoms with E-state index in [1.807, 2.05) is 38.1 Å². The van der Waals surface area contributed by atoms with Crippen molar-refractivity contribution in [1.82, 2.24) is 5.32 Å². The van der Waals surface area contributed by atoms with Crippen molar-refractivity contribution in [1.29, 1.82) is 0 Å². The van der Waals surface area contributed by atoms with Crippen LogP contribution in [-0.4, -0.2) is 38.5 Å². The predicted molar refractivity (Wildman–Crippen MR) is 117 cm³/mol. The van der Waals surface area contributed by atoms with Gasteiger partial charge in [0.05, 0.1) is 13.2 Å². The second kappa shape index (κ2) is 10.1. The van der Waals surface area contributed by atoms with E-state index in [-0.39, 0.29) is 12.0 Å². The maximum absolute atomic E-state index is 12.8. The number of carbonyl (C=O) groups is 1. The summed E-state index contributed by atoms with van der Waals surface area (Å²) in [6.45, 7) is 4.42. The molecule has 0 radical (unpaired) electrons. The smallest absolute Gasteiger partial charge is 0.273 e. The Bertz CT molecular complexity index is 921. The Labute approximate surface area is 178 Å². The number of amides is 1. The number of rotatable bonds is 9. The summed E-state index contributed by atoms with van der Waals surface area (Å²) in [6, 6.07) is 11.9. The third kappa shape index (κ3) is 5.32. The molecule has 1 aliphatic carbocycles. The minimum absolute atomic E-state index is 0.0711. The van der Waals surface area contributed by atoms with Gasteiger partial charge in [-0.3, -0.25) is 4.79 Å². The summed E-state index contributed by atoms with van der Waals surface area (Å²) in [5.74, 6) is 1.15. The zero-order valence-corrected chi connectivity index (χ0v) is 18.2. The van der Waals surface area contributed by atoms with E-state index in [1.54, 1.807) is 7.11 Å². The second-order valence-corrected chi connectivity index (χ2v) is 7.62. The zero-order chi connectivity index (χ0) is 21.5. The van der Waals surface area contributed by atoms with Crippen LogP contribution in [0.15, 0.2) is 41.6 Å². The Balaban J connectivity index is 1.63. The van der Waals surface area contributed by atoms with E-state index in [0.29, 0.717) is 30.2 Å². The van der Waals surface area contributed by atoms with Gasteiger partial charge >= 0.3 is 0 Å². The number of aryl methyl sites for hydroxylation is 2. The van der Waals surface area contributed by atoms with Gasteiger partial charge in [0, 0.05) is 12.1 Å². The fourth-order valence-electron chi connectivity index (χ4n) is 3.66. The highest BCUT2D eigenvalue weighted by Gasteiger charge is 2.18. The standard InChI is InChI=1S/C24H30N2O4/c1-16(2)30-21-11-8-17(14-22(21)28-3)12-13-25-24(27)23(26-29-4)20-10-9-18-6-5-7-19(18)15-20/h8-11,14-16H,5-7,12-13H2,1-4H3,(H,25,27)/b26-23-. The van der Waals surface area contributed by atoms with E-state index in [4.69, 9.17) is 14.3 Å². The minimum Gasteiger partial charge on any atom is -0.493 e. The Kier molecular flexibility index (Phi) is 7.33. The van der Waals surface area contributed by atoms with E-state index in [9.17, 15) is 4.79 Å². The topological polar surface area (TPSA) is 69.2 Å². The summed E-state index contributed by atoms with van der Waals surface area (Å²) in [5.41, 5.74) is 4.78. The summed E-state index contributed by atoms with van der Waals surface area (Å²) in [4.78, 5) is 17.7. The lowest BCUT2D eigenvalue weighted by Gasteiger charge is -2.14. The quantitative estimate of drug-likeness (QED) is 0.506. The molecule has 6 nitrogen and oxygen atoms in total. The van der Waals surface area contributed by atoms with E-state index in [1.165, 1.54) is 18.2 Å². The fourth-order valence-corrected chi connectivity index (χ4v) is 3.66. The molecule has 160 valence electrons. The van der Waals surface area contributed by atoms with Crippen molar-refractivity contribution in [3.8, 4) is 11.5 Å². The number of oxime groups is 1. The number of nitrogens with one attached hydrogen (secondary N) is 1. The molecule has 2 aromatic carbocycles. The van der Waals surface area contributed by atoms with Crippen LogP contribution in [0.4, 0.5) is 0 Å². The van der Waals surface area contributed by atoms with Gasteiger partial charge in [-0.15, -0.1) is 0 Å². The molecule has 0 saturated carbocycles. The lowest BCUT2D eigenvalue weighted by Crippen LogP contribution is -2.33. The van der Waals surface area contributed by atoms with Gasteiger partial charge in [-0.1, -0.05) is 23.4 Å². The van der Waals surface area contributed by atoms with Crippen LogP contribution < -0.4 is 14.8 Å². The molecular weight excluding hydrogens is 380 g/mol. The normalized spacial score (nSPS) is 13.2. The molecular formula is C24H30N2O4. The molecule has 1 N–H and O–H groups in total. The van der Waals surface area contributed by atoms with Crippen LogP contribution in [0.3, 0.4) is 0 Å². The predicted octanol–water partition coefficient (Wildman–Crippen LogP) is 3.68. The van der Waals surface area contributed by atoms with E-state index in [2.05, 4.69) is 22.6 Å². The molecule has 30 heavy (non-hydrogen) atoms. The molecule has 3 rings (SSSR count). The number of hydrogen-bond acceptors (Lipinski definition) is 5. The maximum atomic E-state index is 12.8. The third-order valence-corrected chi connectivity index (χ3v) is 5.06. The van der Waals surface area contributed by atoms with Crippen molar-refractivity contribution >= 4 is 11.6 Å². The molecule has 0 aromatic heterocycles. The first-order chi connectivity index (χ1) is 14.5. The van der Waals surface area contributed by atoms with Crippen LogP contribution in [0.2, 0.25) is 0 Å². The first-order valence-electron chi connectivity index (χ1n) is 10.4. The Hall–Kier alpha value is -3.02. The van der Waals surface area contributed by atoms with Crippen LogP contribution in [0.1, 0.15) is 42.5 Å². The molecule has 6 heteroatoms. The van der Waals surface area contributed by atoms with Gasteiger partial charge < -0.3 is 19.6 Å². The van der Waals surface area contributed by atoms with Crippen LogP contribution in [0.25, 0.3) is 0 Å². The van der Waals surface area contributed by atoms with Gasteiger partial charge in [0.2, 0.25) is 0 Å². The number of benzene rings is 2. The number of ether oxygens (including phenoxy) is 2. The summed E-state index contributed by atoms with van der Waals surface area (Å²) < 4.78 is 11.2. The van der Waals surface area contributed by atoms with E-state index < -0.39 is 0 Å². The van der Waals surface area contributed by atoms with Gasteiger partial charge in [0.25, 0.3) is 5.91 Å². The number of fused-ring (bicyclic) bond motifs is 1. The van der Waals surface area contributed by atoms with Gasteiger partial charge in [-0.25, -0.2) is 0 Å². The monoisotopic (exact) mass is 410 g/mol. The molecule has 0 fully saturated rings. The lowest BCUT2D eigenvalue weighted by atomic mass is 10.0. The highest BCUT2D eigenvalue weighted by Crippen LogP contribution is 2.29. The Morgan fingerprint density at radius 1 is 1.07 bits per heavy atom. The molecule has 0 atom stereocenters. The van der Waals surface area contributed by atoms with Gasteiger partial charge in [0.1, 0.15) is 7.11 Å². The minimum atomic E-state index is -0.249. The fraction of sp³-hybridized carbons (Fsp3) is 0.417. The molecule has 0 heterocycles. The van der Waals surface area contributed by atoms with Gasteiger partial charge in [-0.05, 0) is 74.4 Å². The van der Waals surface area contributed by atoms with Crippen LogP contribution in [0, 0.1) is 0 Å². The van der Waals surface area contributed by atoms with Crippen LogP contribution in [-0.2, 0) is 28.9 Å². The average Bonchev–Trinajstić information content (AvgIpc) is 3.20. The Morgan fingerprint density at radius 2 is 1.87 bits per heavy atom. The molecule has 0 bridgehead atoms. The second-order valence-electron chi connectivity index (χ2n) is 7.62. The molecule has 1 aliphatic rings. The zero-order valence-electron chi connectivity index (χ0n) is 18.2. The highest BCUT2D eigenvalue weighted by atomic mass is 16.6. The summed E-state index contributed by atoms with van der Waals surface area (Å²) in [5, 5.41) is 6.92. The van der Waals surface area contributed by atoms with Crippen LogP contribution in [0.5, 0.6) is 11.5 Å². The number of methoxy groups -OCH3 is 1. The van der Waals surface area contributed by atoms with Gasteiger partial charge in [0.15, 0.2) is 17.2 Å². The molecule has 0 aliphatic heterocycles. The maximum Gasteiger partial charge on any atom is 0.273 e. The first kappa shape index (κ1) is 21.7. The van der Waals surface area contributed by atoms with Crippen molar-refractivity contribution < 1.29 is 19.1 Å². The first-order valence-corrected chi connectivity index (χ1v) is 10.4. The number of nitrogens with zero attached hydrogens (tertiary/aromatic N) is 1. The largest absolute Gasteiger partial charge is 0.493 e. The molecule has 0 spiro atoms. The summed E-state index contributed by atoms with van der Waals surface area (Å²) in [6.07, 6.45) is 4.04. The highest BCUT2D eigenvalue weighted by molar-refractivity contribution is 6.45. The molecule has 0 unspecified atom stereocenters.